The molecule has 3 heterocycles. The van der Waals surface area contributed by atoms with E-state index >= 15 is 0 Å². The molecule has 206 valence electrons. The predicted octanol–water partition coefficient (Wildman–Crippen LogP) is 3.96. The fraction of sp³-hybridized carbons (Fsp3) is 0.654. The number of nitrogens with zero attached hydrogens (tertiary/aromatic N) is 4. The number of carbonyl (C=O) groups excluding carboxylic acids is 2. The normalized spacial score (nSPS) is 26.8. The van der Waals surface area contributed by atoms with Gasteiger partial charge < -0.3 is 15.0 Å². The molecule has 1 atom stereocenters. The van der Waals surface area contributed by atoms with Gasteiger partial charge in [-0.1, -0.05) is 0 Å². The Balaban J connectivity index is 1.18. The third kappa shape index (κ3) is 5.02. The fourth-order valence-electron chi connectivity index (χ4n) is 5.99. The summed E-state index contributed by atoms with van der Waals surface area (Å²) in [4.78, 5) is 36.6. The van der Waals surface area contributed by atoms with Gasteiger partial charge in [-0.05, 0) is 77.3 Å². The maximum atomic E-state index is 13.6. The molecule has 2 aromatic heterocycles. The van der Waals surface area contributed by atoms with Gasteiger partial charge in [0.05, 0.1) is 5.69 Å². The first-order chi connectivity index (χ1) is 18.1. The number of hydrogen-bond acceptors (Lipinski definition) is 6. The molecular formula is C26H33F3N6O3. The van der Waals surface area contributed by atoms with Crippen molar-refractivity contribution in [3.05, 3.63) is 29.8 Å². The number of rotatable bonds is 6. The summed E-state index contributed by atoms with van der Waals surface area (Å²) in [5.74, 6) is -0.561. The molecule has 0 aromatic carbocycles. The maximum absolute atomic E-state index is 13.6. The minimum atomic E-state index is -4.43. The third-order valence-electron chi connectivity index (χ3n) is 8.29. The van der Waals surface area contributed by atoms with Crippen LogP contribution in [0.3, 0.4) is 0 Å². The van der Waals surface area contributed by atoms with Gasteiger partial charge in [-0.2, -0.15) is 18.3 Å². The number of hydrogen-bond donors (Lipinski definition) is 2. The zero-order valence-electron chi connectivity index (χ0n) is 21.6. The number of piperidine rings is 1. The summed E-state index contributed by atoms with van der Waals surface area (Å²) in [6.07, 6.45) is -0.156. The Labute approximate surface area is 218 Å². The van der Waals surface area contributed by atoms with Crippen molar-refractivity contribution in [1.82, 2.24) is 30.4 Å². The number of halogens is 3. The van der Waals surface area contributed by atoms with Crippen molar-refractivity contribution >= 4 is 11.8 Å². The number of H-pyrrole nitrogens is 1. The minimum absolute atomic E-state index is 0.00390. The van der Waals surface area contributed by atoms with Crippen LogP contribution in [0, 0.1) is 12.8 Å². The van der Waals surface area contributed by atoms with E-state index in [0.717, 1.165) is 18.5 Å². The number of aryl methyl sites for hydroxylation is 1. The first kappa shape index (κ1) is 26.6. The topological polar surface area (TPSA) is 113 Å². The number of carbonyl (C=O) groups is 2. The lowest BCUT2D eigenvalue weighted by molar-refractivity contribution is -0.287. The lowest BCUT2D eigenvalue weighted by Gasteiger charge is -2.42. The van der Waals surface area contributed by atoms with E-state index < -0.39 is 11.8 Å². The van der Waals surface area contributed by atoms with E-state index in [1.807, 2.05) is 11.8 Å². The molecule has 5 rings (SSSR count). The summed E-state index contributed by atoms with van der Waals surface area (Å²) in [7, 11) is 0. The molecule has 3 aliphatic rings. The summed E-state index contributed by atoms with van der Waals surface area (Å²) >= 11 is 0. The molecular weight excluding hydrogens is 501 g/mol. The minimum Gasteiger partial charge on any atom is -0.366 e. The summed E-state index contributed by atoms with van der Waals surface area (Å²) in [6.45, 7) is 3.85. The van der Waals surface area contributed by atoms with Crippen molar-refractivity contribution < 1.29 is 27.5 Å². The van der Waals surface area contributed by atoms with Crippen LogP contribution in [0.1, 0.15) is 74.5 Å². The summed E-state index contributed by atoms with van der Waals surface area (Å²) < 4.78 is 46.0. The number of aromatic amines is 1. The lowest BCUT2D eigenvalue weighted by atomic mass is 9.80. The highest BCUT2D eigenvalue weighted by Gasteiger charge is 2.57. The number of ether oxygens (including phenoxy) is 1. The molecule has 1 unspecified atom stereocenters. The number of aromatic nitrogens is 4. The maximum Gasteiger partial charge on any atom is 0.417 e. The molecule has 2 aliphatic carbocycles. The Kier molecular flexibility index (Phi) is 6.95. The van der Waals surface area contributed by atoms with Crippen LogP contribution >= 0.6 is 0 Å². The molecule has 9 nitrogen and oxygen atoms in total. The molecule has 2 saturated carbocycles. The van der Waals surface area contributed by atoms with E-state index in [-0.39, 0.29) is 61.6 Å². The van der Waals surface area contributed by atoms with E-state index in [2.05, 4.69) is 25.5 Å². The second kappa shape index (κ2) is 9.94. The van der Waals surface area contributed by atoms with Crippen LogP contribution in [0.2, 0.25) is 0 Å². The van der Waals surface area contributed by atoms with Crippen LogP contribution in [0.4, 0.5) is 13.2 Å². The van der Waals surface area contributed by atoms with Crippen molar-refractivity contribution in [2.24, 2.45) is 5.92 Å². The van der Waals surface area contributed by atoms with Crippen molar-refractivity contribution in [2.75, 3.05) is 13.2 Å². The number of nitrogens with one attached hydrogen (secondary N) is 2. The first-order valence-corrected chi connectivity index (χ1v) is 13.2. The van der Waals surface area contributed by atoms with Gasteiger partial charge in [-0.15, -0.1) is 0 Å². The summed E-state index contributed by atoms with van der Waals surface area (Å²) in [6, 6.07) is 3.18. The van der Waals surface area contributed by atoms with E-state index in [9.17, 15) is 22.8 Å². The molecule has 1 spiro atoms. The summed E-state index contributed by atoms with van der Waals surface area (Å²) in [5, 5.41) is 10.1. The van der Waals surface area contributed by atoms with Gasteiger partial charge >= 0.3 is 6.18 Å². The molecule has 38 heavy (non-hydrogen) atoms. The standard InChI is InChI=1S/C26H33F3N6O3/c1-3-38-25(26(27,28)29)7-4-18(5-8-25)32-22(36)17-6-11-35(24(14-17)9-10-24)23(37)21-13-20(33-34-21)19-12-16(2)30-15-31-19/h12-13,15,17-18H,3-11,14H2,1-2H3,(H,32,36)(H,33,34). The molecule has 1 aliphatic heterocycles. The van der Waals surface area contributed by atoms with Crippen molar-refractivity contribution in [3.8, 4) is 11.4 Å². The molecule has 3 fully saturated rings. The quantitative estimate of drug-likeness (QED) is 0.580. The summed E-state index contributed by atoms with van der Waals surface area (Å²) in [5.41, 5.74) is -0.127. The van der Waals surface area contributed by atoms with Crippen molar-refractivity contribution in [2.45, 2.75) is 88.6 Å². The first-order valence-electron chi connectivity index (χ1n) is 13.2. The van der Waals surface area contributed by atoms with Gasteiger partial charge in [-0.3, -0.25) is 14.7 Å². The zero-order chi connectivity index (χ0) is 27.1. The lowest BCUT2D eigenvalue weighted by Crippen LogP contribution is -2.55. The van der Waals surface area contributed by atoms with E-state index in [1.165, 1.54) is 6.33 Å². The fourth-order valence-corrected chi connectivity index (χ4v) is 5.99. The zero-order valence-corrected chi connectivity index (χ0v) is 21.6. The Bertz CT molecular complexity index is 1190. The SMILES string of the molecule is CCOC1(C(F)(F)F)CCC(NC(=O)C2CCN(C(=O)c3cc(-c4cc(C)ncn4)n[nH]3)C3(CC3)C2)CC1. The van der Waals surface area contributed by atoms with Crippen LogP contribution in [-0.4, -0.2) is 73.4 Å². The number of amides is 2. The van der Waals surface area contributed by atoms with E-state index in [0.29, 0.717) is 36.5 Å². The largest absolute Gasteiger partial charge is 0.417 e. The monoisotopic (exact) mass is 534 g/mol. The van der Waals surface area contributed by atoms with Crippen LogP contribution < -0.4 is 5.32 Å². The van der Waals surface area contributed by atoms with Gasteiger partial charge in [0.1, 0.15) is 17.7 Å². The van der Waals surface area contributed by atoms with Crippen LogP contribution in [0.15, 0.2) is 18.5 Å². The predicted molar refractivity (Wildman–Crippen MR) is 131 cm³/mol. The Hall–Kier alpha value is -3.02. The smallest absolute Gasteiger partial charge is 0.366 e. The molecule has 0 radical (unpaired) electrons. The molecule has 1 saturated heterocycles. The van der Waals surface area contributed by atoms with Crippen molar-refractivity contribution in [1.29, 1.82) is 0 Å². The molecule has 2 aromatic rings. The van der Waals surface area contributed by atoms with Gasteiger partial charge in [0.25, 0.3) is 5.91 Å². The number of likely N-dealkylation sites (tertiary alicyclic amines) is 1. The Morgan fingerprint density at radius 1 is 1.13 bits per heavy atom. The highest BCUT2D eigenvalue weighted by Crippen LogP contribution is 2.51. The van der Waals surface area contributed by atoms with Crippen molar-refractivity contribution in [3.63, 3.8) is 0 Å². The van der Waals surface area contributed by atoms with Crippen LogP contribution in [0.25, 0.3) is 11.4 Å². The second-order valence-corrected chi connectivity index (χ2v) is 10.8. The van der Waals surface area contributed by atoms with E-state index in [1.54, 1.807) is 19.1 Å². The van der Waals surface area contributed by atoms with Gasteiger partial charge in [-0.25, -0.2) is 9.97 Å². The van der Waals surface area contributed by atoms with Crippen LogP contribution in [-0.2, 0) is 9.53 Å². The molecule has 2 amide bonds. The van der Waals surface area contributed by atoms with Gasteiger partial charge in [0, 0.05) is 36.3 Å². The molecule has 12 heteroatoms. The Morgan fingerprint density at radius 2 is 1.87 bits per heavy atom. The second-order valence-electron chi connectivity index (χ2n) is 10.8. The van der Waals surface area contributed by atoms with E-state index in [4.69, 9.17) is 4.74 Å². The highest BCUT2D eigenvalue weighted by molar-refractivity contribution is 5.94. The van der Waals surface area contributed by atoms with Crippen LogP contribution in [0.5, 0.6) is 0 Å². The molecule has 0 bridgehead atoms. The van der Waals surface area contributed by atoms with Gasteiger partial charge in [0.2, 0.25) is 5.91 Å². The average Bonchev–Trinajstić information content (AvgIpc) is 3.45. The Morgan fingerprint density at radius 3 is 2.50 bits per heavy atom. The third-order valence-corrected chi connectivity index (χ3v) is 8.29. The highest BCUT2D eigenvalue weighted by atomic mass is 19.4. The van der Waals surface area contributed by atoms with Gasteiger partial charge in [0.15, 0.2) is 5.60 Å². The molecule has 2 N–H and O–H groups in total. The number of alkyl halides is 3. The average molecular weight is 535 g/mol.